The van der Waals surface area contributed by atoms with E-state index in [1.54, 1.807) is 0 Å². The zero-order valence-electron chi connectivity index (χ0n) is 11.8. The molecule has 5 nitrogen and oxygen atoms in total. The van der Waals surface area contributed by atoms with Crippen LogP contribution in [0.1, 0.15) is 12.8 Å². The molecule has 1 amide bonds. The van der Waals surface area contributed by atoms with Crippen LogP contribution >= 0.6 is 0 Å². The van der Waals surface area contributed by atoms with Crippen molar-refractivity contribution in [1.29, 1.82) is 0 Å². The third-order valence-electron chi connectivity index (χ3n) is 4.30. The number of benzene rings is 1. The van der Waals surface area contributed by atoms with Crippen molar-refractivity contribution in [2.75, 3.05) is 43.2 Å². The molecule has 1 saturated heterocycles. The Kier molecular flexibility index (Phi) is 3.40. The smallest absolute Gasteiger partial charge is 0.247 e. The van der Waals surface area contributed by atoms with Gasteiger partial charge in [-0.3, -0.25) is 4.79 Å². The maximum atomic E-state index is 12.9. The summed E-state index contributed by atoms with van der Waals surface area (Å²) in [5, 5.41) is 0. The van der Waals surface area contributed by atoms with E-state index in [4.69, 9.17) is 10.5 Å². The van der Waals surface area contributed by atoms with Gasteiger partial charge in [0.05, 0.1) is 11.4 Å². The van der Waals surface area contributed by atoms with Crippen molar-refractivity contribution >= 4 is 17.3 Å². The number of fused-ring (bicyclic) bond motifs is 1. The van der Waals surface area contributed by atoms with Gasteiger partial charge in [-0.2, -0.15) is 0 Å². The van der Waals surface area contributed by atoms with Gasteiger partial charge in [-0.05, 0) is 25.0 Å². The van der Waals surface area contributed by atoms with Gasteiger partial charge in [0.25, 0.3) is 0 Å². The highest BCUT2D eigenvalue weighted by molar-refractivity contribution is 6.03. The molecule has 2 heterocycles. The summed E-state index contributed by atoms with van der Waals surface area (Å²) in [6, 6.07) is 7.99. The number of hydrogen-bond acceptors (Lipinski definition) is 4. The minimum absolute atomic E-state index is 0.0290. The molecule has 0 spiro atoms. The normalized spacial score (nSPS) is 21.5. The van der Waals surface area contributed by atoms with E-state index in [1.807, 2.05) is 36.2 Å². The molecule has 2 aliphatic rings. The Balaban J connectivity index is 1.91. The first-order chi connectivity index (χ1) is 9.62. The molecule has 3 rings (SSSR count). The summed E-state index contributed by atoms with van der Waals surface area (Å²) in [4.78, 5) is 16.9. The average molecular weight is 275 g/mol. The van der Waals surface area contributed by atoms with Crippen LogP contribution in [0.4, 0.5) is 11.4 Å². The zero-order chi connectivity index (χ0) is 14.2. The molecule has 2 N–H and O–H groups in total. The van der Waals surface area contributed by atoms with Crippen molar-refractivity contribution in [2.45, 2.75) is 18.4 Å². The molecule has 2 aliphatic heterocycles. The lowest BCUT2D eigenvalue weighted by Crippen LogP contribution is -2.60. The van der Waals surface area contributed by atoms with Crippen LogP contribution in [0.25, 0.3) is 0 Å². The van der Waals surface area contributed by atoms with Gasteiger partial charge in [-0.1, -0.05) is 12.1 Å². The molecule has 20 heavy (non-hydrogen) atoms. The van der Waals surface area contributed by atoms with Crippen LogP contribution in [-0.2, 0) is 9.53 Å². The van der Waals surface area contributed by atoms with Crippen molar-refractivity contribution in [1.82, 2.24) is 0 Å². The van der Waals surface area contributed by atoms with Crippen molar-refractivity contribution in [3.05, 3.63) is 24.3 Å². The van der Waals surface area contributed by atoms with Crippen LogP contribution in [0.2, 0.25) is 0 Å². The highest BCUT2D eigenvalue weighted by Crippen LogP contribution is 2.34. The second kappa shape index (κ2) is 5.07. The summed E-state index contributed by atoms with van der Waals surface area (Å²) in [6.07, 6.45) is 1.20. The summed E-state index contributed by atoms with van der Waals surface area (Å²) in [5.74, 6) is 0.0290. The molecule has 1 aromatic carbocycles. The van der Waals surface area contributed by atoms with Crippen molar-refractivity contribution < 1.29 is 9.53 Å². The van der Waals surface area contributed by atoms with Gasteiger partial charge in [0, 0.05) is 33.4 Å². The van der Waals surface area contributed by atoms with Crippen LogP contribution in [0, 0.1) is 0 Å². The predicted molar refractivity (Wildman–Crippen MR) is 79.0 cm³/mol. The van der Waals surface area contributed by atoms with Gasteiger partial charge in [0.1, 0.15) is 5.54 Å². The molecule has 0 unspecified atom stereocenters. The molecule has 0 saturated carbocycles. The largest absolute Gasteiger partial charge is 0.381 e. The van der Waals surface area contributed by atoms with E-state index < -0.39 is 5.54 Å². The zero-order valence-corrected chi connectivity index (χ0v) is 11.8. The fourth-order valence-electron chi connectivity index (χ4n) is 2.94. The highest BCUT2D eigenvalue weighted by Gasteiger charge is 2.40. The number of amides is 1. The Labute approximate surface area is 119 Å². The SMILES string of the molecule is CN1CCN(C(=O)C2(N)CCOCC2)c2ccccc21. The second-order valence-electron chi connectivity index (χ2n) is 5.64. The Bertz CT molecular complexity index is 512. The van der Waals surface area contributed by atoms with Gasteiger partial charge in [-0.15, -0.1) is 0 Å². The van der Waals surface area contributed by atoms with Gasteiger partial charge in [-0.25, -0.2) is 0 Å². The van der Waals surface area contributed by atoms with Crippen LogP contribution in [0.3, 0.4) is 0 Å². The lowest BCUT2D eigenvalue weighted by Gasteiger charge is -2.41. The number of hydrogen-bond donors (Lipinski definition) is 1. The number of carbonyl (C=O) groups is 1. The third-order valence-corrected chi connectivity index (χ3v) is 4.30. The average Bonchev–Trinajstić information content (AvgIpc) is 2.48. The fourth-order valence-corrected chi connectivity index (χ4v) is 2.94. The third kappa shape index (κ3) is 2.17. The summed E-state index contributed by atoms with van der Waals surface area (Å²) in [5.41, 5.74) is 7.61. The summed E-state index contributed by atoms with van der Waals surface area (Å²) >= 11 is 0. The Morgan fingerprint density at radius 2 is 1.85 bits per heavy atom. The molecule has 0 aliphatic carbocycles. The number of likely N-dealkylation sites (N-methyl/N-ethyl adjacent to an activating group) is 1. The van der Waals surface area contributed by atoms with Crippen LogP contribution < -0.4 is 15.5 Å². The van der Waals surface area contributed by atoms with E-state index in [2.05, 4.69) is 4.90 Å². The van der Waals surface area contributed by atoms with E-state index in [0.717, 1.165) is 17.9 Å². The fraction of sp³-hybridized carbons (Fsp3) is 0.533. The molecular weight excluding hydrogens is 254 g/mol. The van der Waals surface area contributed by atoms with E-state index in [1.165, 1.54) is 0 Å². The number of anilines is 2. The maximum Gasteiger partial charge on any atom is 0.247 e. The minimum atomic E-state index is -0.777. The Morgan fingerprint density at radius 3 is 2.55 bits per heavy atom. The maximum absolute atomic E-state index is 12.9. The second-order valence-corrected chi connectivity index (χ2v) is 5.64. The molecular formula is C15H21N3O2. The van der Waals surface area contributed by atoms with Gasteiger partial charge >= 0.3 is 0 Å². The van der Waals surface area contributed by atoms with Crippen molar-refractivity contribution in [3.63, 3.8) is 0 Å². The summed E-state index contributed by atoms with van der Waals surface area (Å²) in [6.45, 7) is 2.65. The quantitative estimate of drug-likeness (QED) is 0.830. The summed E-state index contributed by atoms with van der Waals surface area (Å²) < 4.78 is 5.33. The Hall–Kier alpha value is -1.59. The standard InChI is InChI=1S/C15H21N3O2/c1-17-8-9-18(13-5-3-2-4-12(13)17)14(19)15(16)6-10-20-11-7-15/h2-5H,6-11,16H2,1H3. The lowest BCUT2D eigenvalue weighted by molar-refractivity contribution is -0.127. The van der Waals surface area contributed by atoms with E-state index in [0.29, 0.717) is 32.6 Å². The van der Waals surface area contributed by atoms with E-state index in [-0.39, 0.29) is 5.91 Å². The van der Waals surface area contributed by atoms with Crippen LogP contribution in [0.5, 0.6) is 0 Å². The number of nitrogens with zero attached hydrogens (tertiary/aromatic N) is 2. The number of ether oxygens (including phenoxy) is 1. The van der Waals surface area contributed by atoms with Crippen molar-refractivity contribution in [2.24, 2.45) is 5.73 Å². The number of nitrogens with two attached hydrogens (primary N) is 1. The summed E-state index contributed by atoms with van der Waals surface area (Å²) in [7, 11) is 2.05. The monoisotopic (exact) mass is 275 g/mol. The molecule has 1 aromatic rings. The Morgan fingerprint density at radius 1 is 1.20 bits per heavy atom. The highest BCUT2D eigenvalue weighted by atomic mass is 16.5. The molecule has 0 radical (unpaired) electrons. The number of para-hydroxylation sites is 2. The molecule has 108 valence electrons. The number of carbonyl (C=O) groups excluding carboxylic acids is 1. The van der Waals surface area contributed by atoms with Gasteiger partial charge in [0.15, 0.2) is 0 Å². The molecule has 5 heteroatoms. The van der Waals surface area contributed by atoms with Gasteiger partial charge < -0.3 is 20.3 Å². The van der Waals surface area contributed by atoms with E-state index in [9.17, 15) is 4.79 Å². The van der Waals surface area contributed by atoms with Crippen LogP contribution in [-0.4, -0.2) is 44.8 Å². The lowest BCUT2D eigenvalue weighted by atomic mass is 9.89. The first-order valence-electron chi connectivity index (χ1n) is 7.11. The molecule has 0 aromatic heterocycles. The van der Waals surface area contributed by atoms with Crippen LogP contribution in [0.15, 0.2) is 24.3 Å². The molecule has 0 bridgehead atoms. The predicted octanol–water partition coefficient (Wildman–Crippen LogP) is 0.977. The first kappa shape index (κ1) is 13.4. The topological polar surface area (TPSA) is 58.8 Å². The first-order valence-corrected chi connectivity index (χ1v) is 7.11. The minimum Gasteiger partial charge on any atom is -0.381 e. The van der Waals surface area contributed by atoms with E-state index >= 15 is 0 Å². The molecule has 1 fully saturated rings. The number of rotatable bonds is 1. The van der Waals surface area contributed by atoms with Gasteiger partial charge in [0.2, 0.25) is 5.91 Å². The van der Waals surface area contributed by atoms with Crippen molar-refractivity contribution in [3.8, 4) is 0 Å². The molecule has 0 atom stereocenters.